The van der Waals surface area contributed by atoms with Crippen LogP contribution in [0.3, 0.4) is 0 Å². The average molecular weight is 216 g/mol. The Morgan fingerprint density at radius 3 is 2.88 bits per heavy atom. The summed E-state index contributed by atoms with van der Waals surface area (Å²) < 4.78 is 0. The van der Waals surface area contributed by atoms with Crippen LogP contribution < -0.4 is 0 Å². The fourth-order valence-corrected chi connectivity index (χ4v) is 2.34. The van der Waals surface area contributed by atoms with Gasteiger partial charge in [0.25, 0.3) is 0 Å². The number of aliphatic hydroxyl groups excluding tert-OH is 1. The van der Waals surface area contributed by atoms with E-state index in [1.807, 2.05) is 0 Å². The third-order valence-corrected chi connectivity index (χ3v) is 3.35. The molecule has 1 atom stereocenters. The first-order valence-corrected chi connectivity index (χ1v) is 6.18. The average Bonchev–Trinajstić information content (AvgIpc) is 2.46. The van der Waals surface area contributed by atoms with Crippen LogP contribution in [0.15, 0.2) is 35.9 Å². The molecule has 1 aromatic rings. The molecule has 0 radical (unpaired) electrons. The topological polar surface area (TPSA) is 20.2 Å². The lowest BCUT2D eigenvalue weighted by Crippen LogP contribution is -2.01. The van der Waals surface area contributed by atoms with E-state index < -0.39 is 0 Å². The lowest BCUT2D eigenvalue weighted by atomic mass is 9.98. The van der Waals surface area contributed by atoms with Gasteiger partial charge in [-0.25, -0.2) is 0 Å². The molecule has 0 amide bonds. The third-order valence-electron chi connectivity index (χ3n) is 3.35. The van der Waals surface area contributed by atoms with Crippen LogP contribution >= 0.6 is 0 Å². The van der Waals surface area contributed by atoms with E-state index in [0.29, 0.717) is 0 Å². The molecule has 1 nitrogen and oxygen atoms in total. The van der Waals surface area contributed by atoms with E-state index in [0.717, 1.165) is 25.7 Å². The number of aliphatic hydroxyl groups is 1. The number of aryl methyl sites for hydroxylation is 1. The van der Waals surface area contributed by atoms with Crippen molar-refractivity contribution in [2.24, 2.45) is 0 Å². The summed E-state index contributed by atoms with van der Waals surface area (Å²) in [7, 11) is 0. The molecule has 16 heavy (non-hydrogen) atoms. The fraction of sp³-hybridized carbons (Fsp3) is 0.467. The van der Waals surface area contributed by atoms with Crippen LogP contribution in [0.4, 0.5) is 0 Å². The highest BCUT2D eigenvalue weighted by molar-refractivity contribution is 5.30. The largest absolute Gasteiger partial charge is 0.389 e. The second-order valence-electron chi connectivity index (χ2n) is 4.74. The summed E-state index contributed by atoms with van der Waals surface area (Å²) >= 11 is 0. The molecule has 1 heteroatoms. The number of hydrogen-bond acceptors (Lipinski definition) is 1. The molecule has 2 rings (SSSR count). The summed E-state index contributed by atoms with van der Waals surface area (Å²) in [6.45, 7) is 2.16. The SMILES string of the molecule is Cc1ccccc1CC1=CC(O)CCCC1. The minimum atomic E-state index is -0.221. The molecule has 0 heterocycles. The van der Waals surface area contributed by atoms with Gasteiger partial charge >= 0.3 is 0 Å². The maximum absolute atomic E-state index is 9.73. The van der Waals surface area contributed by atoms with Gasteiger partial charge in [0, 0.05) is 0 Å². The Kier molecular flexibility index (Phi) is 3.79. The van der Waals surface area contributed by atoms with Gasteiger partial charge in [-0.1, -0.05) is 42.3 Å². The highest BCUT2D eigenvalue weighted by Crippen LogP contribution is 2.22. The quantitative estimate of drug-likeness (QED) is 0.751. The fourth-order valence-electron chi connectivity index (χ4n) is 2.34. The number of allylic oxidation sites excluding steroid dienone is 1. The van der Waals surface area contributed by atoms with E-state index in [-0.39, 0.29) is 6.10 Å². The Morgan fingerprint density at radius 2 is 2.06 bits per heavy atom. The molecule has 0 aliphatic heterocycles. The van der Waals surface area contributed by atoms with Crippen molar-refractivity contribution in [2.75, 3.05) is 0 Å². The number of rotatable bonds is 2. The molecule has 0 saturated carbocycles. The normalized spacial score (nSPS) is 21.4. The highest BCUT2D eigenvalue weighted by atomic mass is 16.3. The van der Waals surface area contributed by atoms with Crippen LogP contribution in [0.1, 0.15) is 36.8 Å². The van der Waals surface area contributed by atoms with Crippen LogP contribution in [-0.2, 0) is 6.42 Å². The van der Waals surface area contributed by atoms with Gasteiger partial charge in [0.1, 0.15) is 0 Å². The second kappa shape index (κ2) is 5.31. The third kappa shape index (κ3) is 2.96. The van der Waals surface area contributed by atoms with Gasteiger partial charge in [-0.2, -0.15) is 0 Å². The van der Waals surface area contributed by atoms with E-state index in [2.05, 4.69) is 37.3 Å². The maximum Gasteiger partial charge on any atom is 0.0723 e. The summed E-state index contributed by atoms with van der Waals surface area (Å²) in [6.07, 6.45) is 7.29. The van der Waals surface area contributed by atoms with E-state index >= 15 is 0 Å². The predicted molar refractivity (Wildman–Crippen MR) is 67.4 cm³/mol. The van der Waals surface area contributed by atoms with Crippen LogP contribution in [0, 0.1) is 6.92 Å². The van der Waals surface area contributed by atoms with Crippen LogP contribution in [0.2, 0.25) is 0 Å². The molecule has 1 N–H and O–H groups in total. The molecule has 1 aliphatic carbocycles. The smallest absolute Gasteiger partial charge is 0.0723 e. The van der Waals surface area contributed by atoms with Crippen molar-refractivity contribution in [1.29, 1.82) is 0 Å². The molecular weight excluding hydrogens is 196 g/mol. The lowest BCUT2D eigenvalue weighted by molar-refractivity contribution is 0.211. The summed E-state index contributed by atoms with van der Waals surface area (Å²) in [5, 5.41) is 9.73. The van der Waals surface area contributed by atoms with Gasteiger partial charge in [-0.3, -0.25) is 0 Å². The summed E-state index contributed by atoms with van der Waals surface area (Å²) in [5.74, 6) is 0. The van der Waals surface area contributed by atoms with Crippen molar-refractivity contribution in [3.05, 3.63) is 47.0 Å². The zero-order valence-corrected chi connectivity index (χ0v) is 9.95. The zero-order chi connectivity index (χ0) is 11.4. The monoisotopic (exact) mass is 216 g/mol. The van der Waals surface area contributed by atoms with Gasteiger partial charge in [0.05, 0.1) is 6.10 Å². The Morgan fingerprint density at radius 1 is 1.25 bits per heavy atom. The molecular formula is C15H20O. The second-order valence-corrected chi connectivity index (χ2v) is 4.74. The first-order valence-electron chi connectivity index (χ1n) is 6.18. The first-order chi connectivity index (χ1) is 7.75. The predicted octanol–water partition coefficient (Wildman–Crippen LogP) is 3.40. The van der Waals surface area contributed by atoms with Gasteiger partial charge in [-0.05, 0) is 43.7 Å². The van der Waals surface area contributed by atoms with Crippen molar-refractivity contribution in [3.8, 4) is 0 Å². The van der Waals surface area contributed by atoms with E-state index in [4.69, 9.17) is 0 Å². The highest BCUT2D eigenvalue weighted by Gasteiger charge is 2.10. The molecule has 0 fully saturated rings. The van der Waals surface area contributed by atoms with Crippen molar-refractivity contribution in [2.45, 2.75) is 45.1 Å². The summed E-state index contributed by atoms with van der Waals surface area (Å²) in [4.78, 5) is 0. The van der Waals surface area contributed by atoms with Gasteiger partial charge < -0.3 is 5.11 Å². The molecule has 1 aromatic carbocycles. The van der Waals surface area contributed by atoms with Crippen molar-refractivity contribution >= 4 is 0 Å². The van der Waals surface area contributed by atoms with Gasteiger partial charge in [0.15, 0.2) is 0 Å². The Balaban J connectivity index is 2.11. The molecule has 0 aromatic heterocycles. The molecule has 0 spiro atoms. The number of hydrogen-bond donors (Lipinski definition) is 1. The van der Waals surface area contributed by atoms with E-state index in [9.17, 15) is 5.11 Å². The maximum atomic E-state index is 9.73. The zero-order valence-electron chi connectivity index (χ0n) is 9.95. The first kappa shape index (κ1) is 11.4. The molecule has 1 unspecified atom stereocenters. The number of benzene rings is 1. The Bertz CT molecular complexity index is 379. The van der Waals surface area contributed by atoms with Gasteiger partial charge in [0.2, 0.25) is 0 Å². The van der Waals surface area contributed by atoms with Crippen LogP contribution in [-0.4, -0.2) is 11.2 Å². The summed E-state index contributed by atoms with van der Waals surface area (Å²) in [6, 6.07) is 8.52. The minimum absolute atomic E-state index is 0.221. The van der Waals surface area contributed by atoms with Gasteiger partial charge in [-0.15, -0.1) is 0 Å². The lowest BCUT2D eigenvalue weighted by Gasteiger charge is -2.09. The van der Waals surface area contributed by atoms with Crippen molar-refractivity contribution < 1.29 is 5.11 Å². The van der Waals surface area contributed by atoms with Crippen molar-refractivity contribution in [3.63, 3.8) is 0 Å². The molecule has 0 saturated heterocycles. The molecule has 0 bridgehead atoms. The van der Waals surface area contributed by atoms with Crippen LogP contribution in [0.25, 0.3) is 0 Å². The summed E-state index contributed by atoms with van der Waals surface area (Å²) in [5.41, 5.74) is 4.14. The van der Waals surface area contributed by atoms with E-state index in [1.54, 1.807) is 0 Å². The minimum Gasteiger partial charge on any atom is -0.389 e. The standard InChI is InChI=1S/C15H20O/c1-12-6-2-4-8-14(12)10-13-7-3-5-9-15(16)11-13/h2,4,6,8,11,15-16H,3,5,7,9-10H2,1H3. The Hall–Kier alpha value is -1.08. The van der Waals surface area contributed by atoms with Crippen LogP contribution in [0.5, 0.6) is 0 Å². The molecule has 86 valence electrons. The molecule has 1 aliphatic rings. The Labute approximate surface area is 97.8 Å². The van der Waals surface area contributed by atoms with Crippen molar-refractivity contribution in [1.82, 2.24) is 0 Å². The van der Waals surface area contributed by atoms with E-state index in [1.165, 1.54) is 23.1 Å².